The predicted octanol–water partition coefficient (Wildman–Crippen LogP) is 3.45. The molecule has 1 rings (SSSR count). The molecule has 1 N–H and O–H groups in total. The molecular formula is C17H27BrN2O2. The molecule has 22 heavy (non-hydrogen) atoms. The SMILES string of the molecule is CCN(CCNC(=O)CCCOc1ccccc1Br)C(C)C. The van der Waals surface area contributed by atoms with E-state index in [1.165, 1.54) is 0 Å². The van der Waals surface area contributed by atoms with E-state index in [2.05, 4.69) is 46.9 Å². The van der Waals surface area contributed by atoms with E-state index >= 15 is 0 Å². The van der Waals surface area contributed by atoms with Crippen molar-refractivity contribution in [2.45, 2.75) is 39.7 Å². The van der Waals surface area contributed by atoms with Crippen molar-refractivity contribution in [1.29, 1.82) is 0 Å². The van der Waals surface area contributed by atoms with E-state index in [0.717, 1.165) is 29.7 Å². The molecule has 1 aromatic rings. The molecule has 0 unspecified atom stereocenters. The maximum Gasteiger partial charge on any atom is 0.220 e. The molecule has 5 heteroatoms. The third kappa shape index (κ3) is 7.27. The number of amides is 1. The second-order valence-corrected chi connectivity index (χ2v) is 6.31. The molecular weight excluding hydrogens is 344 g/mol. The van der Waals surface area contributed by atoms with Crippen molar-refractivity contribution in [3.63, 3.8) is 0 Å². The van der Waals surface area contributed by atoms with Crippen LogP contribution in [0.5, 0.6) is 5.75 Å². The van der Waals surface area contributed by atoms with Gasteiger partial charge in [0.05, 0.1) is 11.1 Å². The number of nitrogens with zero attached hydrogens (tertiary/aromatic N) is 1. The summed E-state index contributed by atoms with van der Waals surface area (Å²) in [6, 6.07) is 8.24. The molecule has 0 aliphatic carbocycles. The molecule has 1 amide bonds. The number of likely N-dealkylation sites (N-methyl/N-ethyl adjacent to an activating group) is 1. The fourth-order valence-electron chi connectivity index (χ4n) is 2.19. The lowest BCUT2D eigenvalue weighted by Crippen LogP contribution is -2.38. The zero-order valence-corrected chi connectivity index (χ0v) is 15.4. The molecule has 0 fully saturated rings. The van der Waals surface area contributed by atoms with Gasteiger partial charge in [0, 0.05) is 25.6 Å². The Balaban J connectivity index is 2.12. The van der Waals surface area contributed by atoms with Crippen molar-refractivity contribution in [3.05, 3.63) is 28.7 Å². The second kappa shape index (κ2) is 10.6. The average Bonchev–Trinajstić information content (AvgIpc) is 2.49. The summed E-state index contributed by atoms with van der Waals surface area (Å²) < 4.78 is 6.58. The first-order valence-electron chi connectivity index (χ1n) is 7.92. The largest absolute Gasteiger partial charge is 0.492 e. The van der Waals surface area contributed by atoms with Crippen LogP contribution in [0.25, 0.3) is 0 Å². The third-order valence-corrected chi connectivity index (χ3v) is 4.16. The highest BCUT2D eigenvalue weighted by Crippen LogP contribution is 2.23. The van der Waals surface area contributed by atoms with E-state index in [9.17, 15) is 4.79 Å². The first kappa shape index (κ1) is 19.0. The van der Waals surface area contributed by atoms with Gasteiger partial charge in [0.15, 0.2) is 0 Å². The fraction of sp³-hybridized carbons (Fsp3) is 0.588. The van der Waals surface area contributed by atoms with Crippen LogP contribution >= 0.6 is 15.9 Å². The van der Waals surface area contributed by atoms with Gasteiger partial charge >= 0.3 is 0 Å². The van der Waals surface area contributed by atoms with E-state index in [1.807, 2.05) is 24.3 Å². The first-order valence-corrected chi connectivity index (χ1v) is 8.72. The molecule has 0 atom stereocenters. The lowest BCUT2D eigenvalue weighted by Gasteiger charge is -2.24. The van der Waals surface area contributed by atoms with E-state index in [4.69, 9.17) is 4.74 Å². The Bertz CT molecular complexity index is 452. The molecule has 0 bridgehead atoms. The molecule has 0 aliphatic rings. The molecule has 0 radical (unpaired) electrons. The zero-order valence-electron chi connectivity index (χ0n) is 13.8. The van der Waals surface area contributed by atoms with E-state index < -0.39 is 0 Å². The van der Waals surface area contributed by atoms with Crippen LogP contribution in [0.1, 0.15) is 33.6 Å². The number of hydrogen-bond donors (Lipinski definition) is 1. The average molecular weight is 371 g/mol. The molecule has 0 saturated heterocycles. The van der Waals surface area contributed by atoms with Gasteiger partial charge in [-0.15, -0.1) is 0 Å². The number of rotatable bonds is 10. The van der Waals surface area contributed by atoms with Crippen LogP contribution in [0.2, 0.25) is 0 Å². The fourth-order valence-corrected chi connectivity index (χ4v) is 2.58. The number of para-hydroxylation sites is 1. The number of hydrogen-bond acceptors (Lipinski definition) is 3. The van der Waals surface area contributed by atoms with Crippen LogP contribution in [0.15, 0.2) is 28.7 Å². The van der Waals surface area contributed by atoms with Crippen LogP contribution in [-0.4, -0.2) is 43.1 Å². The van der Waals surface area contributed by atoms with Gasteiger partial charge in [-0.2, -0.15) is 0 Å². The third-order valence-electron chi connectivity index (χ3n) is 3.50. The minimum atomic E-state index is 0.0931. The molecule has 124 valence electrons. The van der Waals surface area contributed by atoms with Gasteiger partial charge in [-0.1, -0.05) is 19.1 Å². The topological polar surface area (TPSA) is 41.6 Å². The number of halogens is 1. The molecule has 0 heterocycles. The molecule has 0 spiro atoms. The van der Waals surface area contributed by atoms with Crippen molar-refractivity contribution < 1.29 is 9.53 Å². The molecule has 1 aromatic carbocycles. The highest BCUT2D eigenvalue weighted by Gasteiger charge is 2.07. The number of carbonyl (C=O) groups is 1. The Morgan fingerprint density at radius 1 is 1.36 bits per heavy atom. The van der Waals surface area contributed by atoms with Crippen molar-refractivity contribution >= 4 is 21.8 Å². The Hall–Kier alpha value is -1.07. The minimum Gasteiger partial charge on any atom is -0.492 e. The normalized spacial score (nSPS) is 11.0. The van der Waals surface area contributed by atoms with E-state index in [0.29, 0.717) is 25.6 Å². The summed E-state index contributed by atoms with van der Waals surface area (Å²) in [6.45, 7) is 9.63. The summed E-state index contributed by atoms with van der Waals surface area (Å²) in [4.78, 5) is 14.1. The summed E-state index contributed by atoms with van der Waals surface area (Å²) in [7, 11) is 0. The lowest BCUT2D eigenvalue weighted by molar-refractivity contribution is -0.121. The van der Waals surface area contributed by atoms with E-state index in [1.54, 1.807) is 0 Å². The lowest BCUT2D eigenvalue weighted by atomic mass is 10.3. The summed E-state index contributed by atoms with van der Waals surface area (Å²) in [5.74, 6) is 0.911. The second-order valence-electron chi connectivity index (χ2n) is 5.45. The van der Waals surface area contributed by atoms with Crippen molar-refractivity contribution in [2.75, 3.05) is 26.2 Å². The van der Waals surface area contributed by atoms with Crippen LogP contribution in [-0.2, 0) is 4.79 Å². The van der Waals surface area contributed by atoms with Gasteiger partial charge in [0.1, 0.15) is 5.75 Å². The highest BCUT2D eigenvalue weighted by molar-refractivity contribution is 9.10. The molecule has 0 saturated carbocycles. The molecule has 0 aliphatic heterocycles. The Kier molecular flexibility index (Phi) is 9.16. The monoisotopic (exact) mass is 370 g/mol. The quantitative estimate of drug-likeness (QED) is 0.641. The maximum absolute atomic E-state index is 11.8. The molecule has 4 nitrogen and oxygen atoms in total. The van der Waals surface area contributed by atoms with Gasteiger partial charge in [0.25, 0.3) is 0 Å². The standard InChI is InChI=1S/C17H27BrN2O2/c1-4-20(14(2)3)12-11-19-17(21)10-7-13-22-16-9-6-5-8-15(16)18/h5-6,8-9,14H,4,7,10-13H2,1-3H3,(H,19,21). The molecule has 0 aromatic heterocycles. The summed E-state index contributed by atoms with van der Waals surface area (Å²) in [5, 5.41) is 2.97. The Morgan fingerprint density at radius 3 is 2.73 bits per heavy atom. The van der Waals surface area contributed by atoms with Crippen LogP contribution in [0.3, 0.4) is 0 Å². The van der Waals surface area contributed by atoms with Gasteiger partial charge in [-0.3, -0.25) is 9.69 Å². The number of ether oxygens (including phenoxy) is 1. The summed E-state index contributed by atoms with van der Waals surface area (Å²) >= 11 is 3.43. The zero-order chi connectivity index (χ0) is 16.4. The van der Waals surface area contributed by atoms with Gasteiger partial charge in [-0.25, -0.2) is 0 Å². The van der Waals surface area contributed by atoms with Gasteiger partial charge < -0.3 is 10.1 Å². The predicted molar refractivity (Wildman–Crippen MR) is 94.3 cm³/mol. The van der Waals surface area contributed by atoms with Crippen LogP contribution < -0.4 is 10.1 Å². The van der Waals surface area contributed by atoms with Crippen molar-refractivity contribution in [3.8, 4) is 5.75 Å². The van der Waals surface area contributed by atoms with Crippen LogP contribution in [0.4, 0.5) is 0 Å². The smallest absolute Gasteiger partial charge is 0.220 e. The van der Waals surface area contributed by atoms with Gasteiger partial charge in [0.2, 0.25) is 5.91 Å². The minimum absolute atomic E-state index is 0.0931. The first-order chi connectivity index (χ1) is 10.5. The van der Waals surface area contributed by atoms with Crippen LogP contribution in [0, 0.1) is 0 Å². The number of nitrogens with one attached hydrogen (secondary N) is 1. The number of carbonyl (C=O) groups excluding carboxylic acids is 1. The Morgan fingerprint density at radius 2 is 2.09 bits per heavy atom. The van der Waals surface area contributed by atoms with Crippen molar-refractivity contribution in [2.24, 2.45) is 0 Å². The van der Waals surface area contributed by atoms with E-state index in [-0.39, 0.29) is 5.91 Å². The maximum atomic E-state index is 11.8. The number of benzene rings is 1. The summed E-state index contributed by atoms with van der Waals surface area (Å²) in [6.07, 6.45) is 1.22. The summed E-state index contributed by atoms with van der Waals surface area (Å²) in [5.41, 5.74) is 0. The van der Waals surface area contributed by atoms with Gasteiger partial charge in [-0.05, 0) is 54.9 Å². The highest BCUT2D eigenvalue weighted by atomic mass is 79.9. The Labute approximate surface area is 142 Å². The van der Waals surface area contributed by atoms with Crippen molar-refractivity contribution in [1.82, 2.24) is 10.2 Å².